The van der Waals surface area contributed by atoms with Crippen LogP contribution < -0.4 is 10.9 Å². The second kappa shape index (κ2) is 8.71. The van der Waals surface area contributed by atoms with Gasteiger partial charge in [0, 0.05) is 30.8 Å². The largest absolute Gasteiger partial charge is 0.463 e. The van der Waals surface area contributed by atoms with E-state index < -0.39 is 0 Å². The topological polar surface area (TPSA) is 105 Å². The molecule has 1 aromatic carbocycles. The summed E-state index contributed by atoms with van der Waals surface area (Å²) in [7, 11) is 0. The van der Waals surface area contributed by atoms with Gasteiger partial charge in [0.2, 0.25) is 11.3 Å². The third-order valence-electron chi connectivity index (χ3n) is 4.34. The molecule has 3 aromatic heterocycles. The maximum absolute atomic E-state index is 13.0. The second-order valence-electron chi connectivity index (χ2n) is 6.41. The molecule has 0 aliphatic heterocycles. The molecule has 4 aromatic rings. The van der Waals surface area contributed by atoms with Crippen LogP contribution in [-0.2, 0) is 6.42 Å². The van der Waals surface area contributed by atoms with E-state index >= 15 is 0 Å². The zero-order valence-corrected chi connectivity index (χ0v) is 16.6. The van der Waals surface area contributed by atoms with Crippen molar-refractivity contribution in [3.8, 4) is 11.5 Å². The number of thiazole rings is 1. The number of ketones is 1. The van der Waals surface area contributed by atoms with Gasteiger partial charge < -0.3 is 14.7 Å². The van der Waals surface area contributed by atoms with Crippen molar-refractivity contribution in [2.24, 2.45) is 0 Å². The van der Waals surface area contributed by atoms with Crippen molar-refractivity contribution in [2.45, 2.75) is 6.42 Å². The van der Waals surface area contributed by atoms with E-state index in [9.17, 15) is 14.4 Å². The fourth-order valence-electron chi connectivity index (χ4n) is 2.86. The molecule has 0 aliphatic carbocycles. The minimum absolute atomic E-state index is 0.122. The van der Waals surface area contributed by atoms with Gasteiger partial charge in [-0.05, 0) is 18.2 Å². The van der Waals surface area contributed by atoms with Gasteiger partial charge in [0.25, 0.3) is 5.91 Å². The van der Waals surface area contributed by atoms with Crippen LogP contribution in [0.15, 0.2) is 76.3 Å². The van der Waals surface area contributed by atoms with Crippen molar-refractivity contribution in [3.05, 3.63) is 98.4 Å². The van der Waals surface area contributed by atoms with Gasteiger partial charge in [-0.25, -0.2) is 4.98 Å². The number of nitrogens with one attached hydrogen (secondary N) is 2. The molecule has 2 N–H and O–H groups in total. The molecular formula is C22H17N3O4S. The Balaban J connectivity index is 1.51. The van der Waals surface area contributed by atoms with E-state index in [2.05, 4.69) is 15.3 Å². The van der Waals surface area contributed by atoms with Crippen molar-refractivity contribution >= 4 is 23.0 Å². The van der Waals surface area contributed by atoms with Crippen molar-refractivity contribution in [1.29, 1.82) is 0 Å². The van der Waals surface area contributed by atoms with Crippen LogP contribution in [0.25, 0.3) is 11.5 Å². The molecule has 7 nitrogen and oxygen atoms in total. The van der Waals surface area contributed by atoms with Crippen LogP contribution >= 0.6 is 11.3 Å². The Kier molecular flexibility index (Phi) is 5.67. The summed E-state index contributed by atoms with van der Waals surface area (Å²) in [6.45, 7) is 0.335. The van der Waals surface area contributed by atoms with Crippen molar-refractivity contribution in [3.63, 3.8) is 0 Å². The maximum Gasteiger partial charge on any atom is 0.252 e. The lowest BCUT2D eigenvalue weighted by Crippen LogP contribution is -2.26. The summed E-state index contributed by atoms with van der Waals surface area (Å²) in [6, 6.07) is 15.3. The molecule has 8 heteroatoms. The molecule has 0 saturated heterocycles. The lowest BCUT2D eigenvalue weighted by Gasteiger charge is -2.03. The van der Waals surface area contributed by atoms with Crippen molar-refractivity contribution < 1.29 is 14.0 Å². The number of hydrogen-bond acceptors (Lipinski definition) is 6. The van der Waals surface area contributed by atoms with Crippen LogP contribution in [0, 0.1) is 0 Å². The van der Waals surface area contributed by atoms with E-state index in [0.717, 1.165) is 0 Å². The number of carbonyl (C=O) groups is 2. The first kappa shape index (κ1) is 19.5. The predicted octanol–water partition coefficient (Wildman–Crippen LogP) is 3.29. The summed E-state index contributed by atoms with van der Waals surface area (Å²) in [5.41, 5.74) is 1.17. The number of nitrogens with zero attached hydrogens (tertiary/aromatic N) is 1. The van der Waals surface area contributed by atoms with E-state index in [-0.39, 0.29) is 17.2 Å². The number of amides is 1. The number of benzene rings is 1. The number of aromatic amines is 1. The molecule has 0 bridgehead atoms. The summed E-state index contributed by atoms with van der Waals surface area (Å²) >= 11 is 1.29. The normalized spacial score (nSPS) is 10.7. The highest BCUT2D eigenvalue weighted by molar-refractivity contribution is 7.14. The first-order valence-electron chi connectivity index (χ1n) is 9.22. The lowest BCUT2D eigenvalue weighted by molar-refractivity contribution is 0.0953. The highest BCUT2D eigenvalue weighted by Crippen LogP contribution is 2.31. The van der Waals surface area contributed by atoms with Gasteiger partial charge in [-0.3, -0.25) is 14.4 Å². The molecule has 0 saturated carbocycles. The molecule has 150 valence electrons. The molecule has 0 spiro atoms. The molecular weight excluding hydrogens is 402 g/mol. The van der Waals surface area contributed by atoms with Gasteiger partial charge in [-0.15, -0.1) is 11.3 Å². The molecule has 3 heterocycles. The van der Waals surface area contributed by atoms with E-state index in [4.69, 9.17) is 4.42 Å². The standard InChI is InChI=1S/C22H17N3O4S/c26-17-9-8-15(13-24-17)22(28)23-11-10-18-25-19(16-7-4-12-29-16)21(30-18)20(27)14-5-2-1-3-6-14/h1-9,12-13H,10-11H2,(H,23,28)(H,24,26). The van der Waals surface area contributed by atoms with Crippen LogP contribution in [0.1, 0.15) is 30.6 Å². The second-order valence-corrected chi connectivity index (χ2v) is 7.49. The number of pyridine rings is 1. The maximum atomic E-state index is 13.0. The van der Waals surface area contributed by atoms with Gasteiger partial charge in [0.15, 0.2) is 5.76 Å². The summed E-state index contributed by atoms with van der Waals surface area (Å²) in [5.74, 6) is 0.103. The van der Waals surface area contributed by atoms with Gasteiger partial charge in [-0.1, -0.05) is 30.3 Å². The Labute approximate surface area is 175 Å². The summed E-state index contributed by atoms with van der Waals surface area (Å²) in [4.78, 5) is 43.8. The summed E-state index contributed by atoms with van der Waals surface area (Å²) < 4.78 is 5.46. The molecule has 0 radical (unpaired) electrons. The number of hydrogen-bond donors (Lipinski definition) is 2. The third kappa shape index (κ3) is 4.28. The quantitative estimate of drug-likeness (QED) is 0.447. The van der Waals surface area contributed by atoms with Crippen LogP contribution in [0.3, 0.4) is 0 Å². The highest BCUT2D eigenvalue weighted by atomic mass is 32.1. The predicted molar refractivity (Wildman–Crippen MR) is 113 cm³/mol. The number of rotatable bonds is 7. The fourth-order valence-corrected chi connectivity index (χ4v) is 3.89. The Hall–Kier alpha value is -3.78. The van der Waals surface area contributed by atoms with Crippen molar-refractivity contribution in [1.82, 2.24) is 15.3 Å². The molecule has 0 unspecified atom stereocenters. The zero-order valence-electron chi connectivity index (χ0n) is 15.8. The molecule has 0 aliphatic rings. The zero-order chi connectivity index (χ0) is 20.9. The number of H-pyrrole nitrogens is 1. The Bertz CT molecular complexity index is 1210. The minimum atomic E-state index is -0.297. The van der Waals surface area contributed by atoms with Crippen LogP contribution in [0.2, 0.25) is 0 Å². The lowest BCUT2D eigenvalue weighted by atomic mass is 10.1. The van der Waals surface area contributed by atoms with Gasteiger partial charge in [-0.2, -0.15) is 0 Å². The number of furan rings is 1. The summed E-state index contributed by atoms with van der Waals surface area (Å²) in [5, 5.41) is 3.50. The van der Waals surface area contributed by atoms with E-state index in [0.29, 0.717) is 45.4 Å². The van der Waals surface area contributed by atoms with Gasteiger partial charge in [0.1, 0.15) is 10.6 Å². The first-order valence-corrected chi connectivity index (χ1v) is 10.0. The number of carbonyl (C=O) groups excluding carboxylic acids is 2. The number of aromatic nitrogens is 2. The minimum Gasteiger partial charge on any atom is -0.463 e. The highest BCUT2D eigenvalue weighted by Gasteiger charge is 2.22. The Morgan fingerprint density at radius 2 is 1.87 bits per heavy atom. The average molecular weight is 419 g/mol. The van der Waals surface area contributed by atoms with E-state index in [1.165, 1.54) is 35.9 Å². The van der Waals surface area contributed by atoms with Crippen LogP contribution in [-0.4, -0.2) is 28.2 Å². The van der Waals surface area contributed by atoms with E-state index in [1.807, 2.05) is 18.2 Å². The smallest absolute Gasteiger partial charge is 0.252 e. The Morgan fingerprint density at radius 3 is 2.57 bits per heavy atom. The van der Waals surface area contributed by atoms with Crippen LogP contribution in [0.5, 0.6) is 0 Å². The van der Waals surface area contributed by atoms with Crippen molar-refractivity contribution in [2.75, 3.05) is 6.54 Å². The average Bonchev–Trinajstić information content (AvgIpc) is 3.44. The molecule has 0 atom stereocenters. The third-order valence-corrected chi connectivity index (χ3v) is 5.45. The van der Waals surface area contributed by atoms with Gasteiger partial charge in [0.05, 0.1) is 16.8 Å². The molecule has 30 heavy (non-hydrogen) atoms. The van der Waals surface area contributed by atoms with Crippen LogP contribution in [0.4, 0.5) is 0 Å². The summed E-state index contributed by atoms with van der Waals surface area (Å²) in [6.07, 6.45) is 3.36. The van der Waals surface area contributed by atoms with E-state index in [1.54, 1.807) is 24.3 Å². The van der Waals surface area contributed by atoms with Gasteiger partial charge >= 0.3 is 0 Å². The SMILES string of the molecule is O=C(NCCc1nc(-c2ccco2)c(C(=O)c2ccccc2)s1)c1ccc(=O)[nH]c1. The first-order chi connectivity index (χ1) is 14.6. The molecule has 1 amide bonds. The Morgan fingerprint density at radius 1 is 1.03 bits per heavy atom. The fraction of sp³-hybridized carbons (Fsp3) is 0.0909. The molecule has 0 fully saturated rings. The molecule has 4 rings (SSSR count). The monoisotopic (exact) mass is 419 g/mol.